The third kappa shape index (κ3) is 3.99. The average Bonchev–Trinajstić information content (AvgIpc) is 3.49. The Morgan fingerprint density at radius 1 is 1.22 bits per heavy atom. The zero-order chi connectivity index (χ0) is 24.8. The van der Waals surface area contributed by atoms with Gasteiger partial charge in [-0.3, -0.25) is 0 Å². The maximum absolute atomic E-state index is 10.6. The summed E-state index contributed by atoms with van der Waals surface area (Å²) in [4.78, 5) is 10.7. The summed E-state index contributed by atoms with van der Waals surface area (Å²) in [5.74, 6) is 2.35. The number of aliphatic hydroxyl groups is 1. The summed E-state index contributed by atoms with van der Waals surface area (Å²) in [6.45, 7) is 6.36. The van der Waals surface area contributed by atoms with Crippen LogP contribution in [0.1, 0.15) is 33.9 Å². The van der Waals surface area contributed by atoms with Crippen LogP contribution in [0, 0.1) is 13.8 Å². The van der Waals surface area contributed by atoms with E-state index in [2.05, 4.69) is 53.7 Å². The monoisotopic (exact) mass is 502 g/mol. The third-order valence-corrected chi connectivity index (χ3v) is 8.25. The molecule has 2 aliphatic heterocycles. The molecular weight excluding hydrogens is 472 g/mol. The standard InChI is InChI=1S/C28H30N4O3S/c1-15-4-5-20(23(12-15)34-3)25-16(2)36-24-14-30-28(32-26(24)25)31-21-7-6-17(19-9-11-35-27(19)21)18-8-10-29-13-22(18)33/h4-7,12,14,18,22,29,33H,8-11,13H2,1-3H3,(H,30,31,32). The van der Waals surface area contributed by atoms with E-state index >= 15 is 0 Å². The van der Waals surface area contributed by atoms with Gasteiger partial charge in [-0.1, -0.05) is 18.2 Å². The average molecular weight is 503 g/mol. The number of β-amino-alcohol motifs (C(OH)–C–C–N with tert-alkyl or cyclic N) is 1. The number of aliphatic hydroxyl groups excluding tert-OH is 1. The number of piperidine rings is 1. The molecule has 3 N–H and O–H groups in total. The first-order valence-corrected chi connectivity index (χ1v) is 13.2. The van der Waals surface area contributed by atoms with Crippen LogP contribution in [0.25, 0.3) is 21.3 Å². The summed E-state index contributed by atoms with van der Waals surface area (Å²) < 4.78 is 12.8. The number of nitrogens with zero attached hydrogens (tertiary/aromatic N) is 2. The van der Waals surface area contributed by atoms with E-state index in [-0.39, 0.29) is 12.0 Å². The van der Waals surface area contributed by atoms with Crippen molar-refractivity contribution in [3.8, 4) is 22.6 Å². The minimum atomic E-state index is -0.382. The molecule has 2 unspecified atom stereocenters. The predicted octanol–water partition coefficient (Wildman–Crippen LogP) is 5.10. The summed E-state index contributed by atoms with van der Waals surface area (Å²) in [5.41, 5.74) is 7.41. The van der Waals surface area contributed by atoms with Gasteiger partial charge in [0.15, 0.2) is 0 Å². The Labute approximate surface area is 214 Å². The highest BCUT2D eigenvalue weighted by Gasteiger charge is 2.30. The maximum Gasteiger partial charge on any atom is 0.227 e. The van der Waals surface area contributed by atoms with E-state index in [0.717, 1.165) is 63.5 Å². The quantitative estimate of drug-likeness (QED) is 0.350. The minimum absolute atomic E-state index is 0.129. The molecule has 2 aromatic heterocycles. The van der Waals surface area contributed by atoms with Gasteiger partial charge < -0.3 is 25.2 Å². The second-order valence-corrected chi connectivity index (χ2v) is 10.8. The van der Waals surface area contributed by atoms with Crippen molar-refractivity contribution in [2.45, 2.75) is 38.7 Å². The van der Waals surface area contributed by atoms with Crippen LogP contribution in [-0.2, 0) is 6.42 Å². The van der Waals surface area contributed by atoms with Crippen molar-refractivity contribution in [1.29, 1.82) is 0 Å². The molecule has 36 heavy (non-hydrogen) atoms. The molecule has 0 saturated carbocycles. The van der Waals surface area contributed by atoms with Crippen molar-refractivity contribution in [1.82, 2.24) is 15.3 Å². The van der Waals surface area contributed by atoms with Crippen LogP contribution in [-0.4, -0.2) is 48.0 Å². The van der Waals surface area contributed by atoms with Crippen molar-refractivity contribution in [2.24, 2.45) is 0 Å². The van der Waals surface area contributed by atoms with Gasteiger partial charge in [-0.05, 0) is 50.1 Å². The number of ether oxygens (including phenoxy) is 2. The number of thiophene rings is 1. The van der Waals surface area contributed by atoms with E-state index in [1.807, 2.05) is 12.3 Å². The lowest BCUT2D eigenvalue weighted by Gasteiger charge is -2.30. The smallest absolute Gasteiger partial charge is 0.227 e. The lowest BCUT2D eigenvalue weighted by atomic mass is 9.84. The van der Waals surface area contributed by atoms with E-state index in [1.54, 1.807) is 18.4 Å². The molecule has 2 aromatic carbocycles. The van der Waals surface area contributed by atoms with E-state index < -0.39 is 0 Å². The summed E-state index contributed by atoms with van der Waals surface area (Å²) in [6, 6.07) is 10.4. The van der Waals surface area contributed by atoms with Crippen molar-refractivity contribution in [3.05, 3.63) is 58.1 Å². The van der Waals surface area contributed by atoms with E-state index in [1.165, 1.54) is 16.0 Å². The summed E-state index contributed by atoms with van der Waals surface area (Å²) in [6.07, 6.45) is 3.26. The van der Waals surface area contributed by atoms with Gasteiger partial charge in [0.2, 0.25) is 5.95 Å². The van der Waals surface area contributed by atoms with Gasteiger partial charge in [-0.15, -0.1) is 11.3 Å². The Morgan fingerprint density at radius 3 is 2.94 bits per heavy atom. The molecule has 2 atom stereocenters. The highest BCUT2D eigenvalue weighted by Crippen LogP contribution is 2.44. The van der Waals surface area contributed by atoms with Gasteiger partial charge >= 0.3 is 0 Å². The normalized spacial score (nSPS) is 19.2. The Morgan fingerprint density at radius 2 is 2.11 bits per heavy atom. The van der Waals surface area contributed by atoms with Crippen LogP contribution in [0.5, 0.6) is 11.5 Å². The predicted molar refractivity (Wildman–Crippen MR) is 144 cm³/mol. The summed E-state index contributed by atoms with van der Waals surface area (Å²) in [5, 5.41) is 17.3. The van der Waals surface area contributed by atoms with Crippen LogP contribution in [0.3, 0.4) is 0 Å². The van der Waals surface area contributed by atoms with Crippen molar-refractivity contribution >= 4 is 33.2 Å². The SMILES string of the molecule is COc1cc(C)ccc1-c1c(C)sc2cnc(Nc3ccc(C4CCNCC4O)c4c3OCC4)nc12. The Kier molecular flexibility index (Phi) is 6.03. The van der Waals surface area contributed by atoms with E-state index in [4.69, 9.17) is 14.5 Å². The number of anilines is 2. The molecule has 0 aliphatic carbocycles. The molecule has 4 heterocycles. The van der Waals surface area contributed by atoms with Crippen LogP contribution in [0.2, 0.25) is 0 Å². The Balaban J connectivity index is 1.38. The molecule has 0 spiro atoms. The Hall–Kier alpha value is -3.20. The van der Waals surface area contributed by atoms with Crippen LogP contribution in [0.4, 0.5) is 11.6 Å². The van der Waals surface area contributed by atoms with Gasteiger partial charge in [0.1, 0.15) is 11.5 Å². The third-order valence-electron chi connectivity index (χ3n) is 7.22. The van der Waals surface area contributed by atoms with Gasteiger partial charge in [-0.2, -0.15) is 0 Å². The van der Waals surface area contributed by atoms with Gasteiger partial charge in [-0.25, -0.2) is 9.97 Å². The molecule has 186 valence electrons. The molecule has 6 rings (SSSR count). The van der Waals surface area contributed by atoms with Crippen molar-refractivity contribution in [2.75, 3.05) is 32.1 Å². The van der Waals surface area contributed by atoms with Gasteiger partial charge in [0, 0.05) is 40.5 Å². The number of aryl methyl sites for hydroxylation is 2. The lowest BCUT2D eigenvalue weighted by Crippen LogP contribution is -2.39. The molecule has 0 radical (unpaired) electrons. The first kappa shape index (κ1) is 23.2. The number of hydrogen-bond acceptors (Lipinski definition) is 8. The molecule has 0 bridgehead atoms. The fraction of sp³-hybridized carbons (Fsp3) is 0.357. The van der Waals surface area contributed by atoms with Crippen molar-refractivity contribution < 1.29 is 14.6 Å². The first-order chi connectivity index (χ1) is 17.5. The number of benzene rings is 2. The van der Waals surface area contributed by atoms with E-state index in [9.17, 15) is 5.11 Å². The minimum Gasteiger partial charge on any atom is -0.496 e. The number of aromatic nitrogens is 2. The van der Waals surface area contributed by atoms with Gasteiger partial charge in [0.25, 0.3) is 0 Å². The largest absolute Gasteiger partial charge is 0.496 e. The molecule has 4 aromatic rings. The van der Waals surface area contributed by atoms with E-state index in [0.29, 0.717) is 19.1 Å². The molecular formula is C28H30N4O3S. The lowest BCUT2D eigenvalue weighted by molar-refractivity contribution is 0.118. The van der Waals surface area contributed by atoms with Gasteiger partial charge in [0.05, 0.1) is 41.9 Å². The first-order valence-electron chi connectivity index (χ1n) is 12.4. The number of fused-ring (bicyclic) bond motifs is 2. The summed E-state index contributed by atoms with van der Waals surface area (Å²) in [7, 11) is 1.71. The molecule has 1 saturated heterocycles. The van der Waals surface area contributed by atoms with Crippen LogP contribution >= 0.6 is 11.3 Å². The second-order valence-electron chi connectivity index (χ2n) is 9.54. The highest BCUT2D eigenvalue weighted by atomic mass is 32.1. The molecule has 0 amide bonds. The summed E-state index contributed by atoms with van der Waals surface area (Å²) >= 11 is 1.69. The van der Waals surface area contributed by atoms with Crippen LogP contribution in [0.15, 0.2) is 36.5 Å². The zero-order valence-corrected chi connectivity index (χ0v) is 21.5. The van der Waals surface area contributed by atoms with Crippen LogP contribution < -0.4 is 20.1 Å². The molecule has 7 nitrogen and oxygen atoms in total. The fourth-order valence-electron chi connectivity index (χ4n) is 5.48. The Bertz CT molecular complexity index is 1450. The topological polar surface area (TPSA) is 88.5 Å². The maximum atomic E-state index is 10.6. The molecule has 8 heteroatoms. The number of rotatable bonds is 5. The van der Waals surface area contributed by atoms with Crippen molar-refractivity contribution in [3.63, 3.8) is 0 Å². The molecule has 2 aliphatic rings. The highest BCUT2D eigenvalue weighted by molar-refractivity contribution is 7.19. The zero-order valence-electron chi connectivity index (χ0n) is 20.7. The fourth-order valence-corrected chi connectivity index (χ4v) is 6.47. The molecule has 1 fully saturated rings. The number of nitrogens with one attached hydrogen (secondary N) is 2. The number of hydrogen-bond donors (Lipinski definition) is 3. The number of methoxy groups -OCH3 is 1. The second kappa shape index (κ2) is 9.35.